The Kier molecular flexibility index (Phi) is 3.48. The van der Waals surface area contributed by atoms with Crippen LogP contribution in [0.25, 0.3) is 0 Å². The number of carboxylic acids is 1. The van der Waals surface area contributed by atoms with E-state index in [1.165, 1.54) is 5.56 Å². The van der Waals surface area contributed by atoms with Crippen molar-refractivity contribution < 1.29 is 9.90 Å². The highest BCUT2D eigenvalue weighted by Gasteiger charge is 2.44. The number of hydrogen-bond acceptors (Lipinski definition) is 2. The van der Waals surface area contributed by atoms with Gasteiger partial charge in [-0.25, -0.2) is 0 Å². The van der Waals surface area contributed by atoms with Gasteiger partial charge in [0, 0.05) is 13.1 Å². The minimum atomic E-state index is -0.635. The van der Waals surface area contributed by atoms with Gasteiger partial charge in [0.2, 0.25) is 0 Å². The molecule has 0 bridgehead atoms. The second kappa shape index (κ2) is 4.88. The maximum Gasteiger partial charge on any atom is 0.310 e. The molecule has 1 saturated carbocycles. The summed E-state index contributed by atoms with van der Waals surface area (Å²) in [6.07, 6.45) is 2.69. The van der Waals surface area contributed by atoms with E-state index in [-0.39, 0.29) is 0 Å². The van der Waals surface area contributed by atoms with Gasteiger partial charge in [-0.1, -0.05) is 36.8 Å². The third-order valence-corrected chi connectivity index (χ3v) is 3.63. The van der Waals surface area contributed by atoms with Gasteiger partial charge in [0.05, 0.1) is 5.41 Å². The first-order valence-corrected chi connectivity index (χ1v) is 6.08. The Labute approximate surface area is 102 Å². The molecule has 1 aromatic rings. The first-order chi connectivity index (χ1) is 8.12. The Morgan fingerprint density at radius 2 is 2.00 bits per heavy atom. The van der Waals surface area contributed by atoms with Crippen LogP contribution < -0.4 is 0 Å². The third kappa shape index (κ3) is 2.67. The Morgan fingerprint density at radius 1 is 1.35 bits per heavy atom. The Bertz CT molecular complexity index is 384. The van der Waals surface area contributed by atoms with Gasteiger partial charge < -0.3 is 10.0 Å². The van der Waals surface area contributed by atoms with Crippen LogP contribution in [0.2, 0.25) is 0 Å². The summed E-state index contributed by atoms with van der Waals surface area (Å²) in [5.74, 6) is -0.635. The third-order valence-electron chi connectivity index (χ3n) is 3.63. The number of aliphatic carboxylic acids is 1. The molecule has 3 nitrogen and oxygen atoms in total. The Hall–Kier alpha value is -1.35. The van der Waals surface area contributed by atoms with Crippen molar-refractivity contribution in [3.05, 3.63) is 35.9 Å². The Balaban J connectivity index is 1.93. The van der Waals surface area contributed by atoms with Crippen LogP contribution in [-0.2, 0) is 11.3 Å². The number of hydrogen-bond donors (Lipinski definition) is 1. The fourth-order valence-electron chi connectivity index (χ4n) is 2.51. The van der Waals surface area contributed by atoms with E-state index in [9.17, 15) is 9.90 Å². The molecule has 2 rings (SSSR count). The van der Waals surface area contributed by atoms with Gasteiger partial charge in [-0.05, 0) is 25.5 Å². The molecule has 0 atom stereocenters. The molecule has 0 unspecified atom stereocenters. The number of carbonyl (C=O) groups is 1. The number of benzene rings is 1. The second-order valence-corrected chi connectivity index (χ2v) is 5.10. The lowest BCUT2D eigenvalue weighted by Gasteiger charge is -2.40. The van der Waals surface area contributed by atoms with Crippen LogP contribution in [0.15, 0.2) is 30.3 Å². The minimum absolute atomic E-state index is 0.483. The van der Waals surface area contributed by atoms with Crippen LogP contribution in [0.4, 0.5) is 0 Å². The number of rotatable bonds is 5. The molecule has 1 aromatic carbocycles. The van der Waals surface area contributed by atoms with Gasteiger partial charge >= 0.3 is 5.97 Å². The molecule has 1 aliphatic rings. The first-order valence-electron chi connectivity index (χ1n) is 6.08. The molecule has 0 spiro atoms. The van der Waals surface area contributed by atoms with E-state index < -0.39 is 11.4 Å². The largest absolute Gasteiger partial charge is 0.481 e. The van der Waals surface area contributed by atoms with E-state index in [2.05, 4.69) is 17.0 Å². The van der Waals surface area contributed by atoms with Gasteiger partial charge in [0.1, 0.15) is 0 Å². The van der Waals surface area contributed by atoms with Gasteiger partial charge in [0.25, 0.3) is 0 Å². The zero-order valence-electron chi connectivity index (χ0n) is 10.2. The molecular weight excluding hydrogens is 214 g/mol. The van der Waals surface area contributed by atoms with E-state index in [4.69, 9.17) is 0 Å². The fourth-order valence-corrected chi connectivity index (χ4v) is 2.51. The second-order valence-electron chi connectivity index (χ2n) is 5.10. The summed E-state index contributed by atoms with van der Waals surface area (Å²) in [4.78, 5) is 13.4. The van der Waals surface area contributed by atoms with Crippen molar-refractivity contribution in [2.75, 3.05) is 13.6 Å². The zero-order valence-corrected chi connectivity index (χ0v) is 10.2. The van der Waals surface area contributed by atoms with Gasteiger partial charge in [-0.15, -0.1) is 0 Å². The molecule has 0 amide bonds. The number of nitrogens with zero attached hydrogens (tertiary/aromatic N) is 1. The van der Waals surface area contributed by atoms with Crippen LogP contribution in [-0.4, -0.2) is 29.6 Å². The van der Waals surface area contributed by atoms with Gasteiger partial charge in [-0.3, -0.25) is 4.79 Å². The average Bonchev–Trinajstić information content (AvgIpc) is 2.24. The van der Waals surface area contributed by atoms with Crippen molar-refractivity contribution in [1.29, 1.82) is 0 Å². The molecule has 3 heteroatoms. The van der Waals surface area contributed by atoms with Crippen LogP contribution in [0.3, 0.4) is 0 Å². The van der Waals surface area contributed by atoms with Crippen LogP contribution in [0.1, 0.15) is 24.8 Å². The van der Waals surface area contributed by atoms with Crippen LogP contribution in [0.5, 0.6) is 0 Å². The monoisotopic (exact) mass is 233 g/mol. The lowest BCUT2D eigenvalue weighted by atomic mass is 9.68. The summed E-state index contributed by atoms with van der Waals surface area (Å²) in [6, 6.07) is 10.2. The predicted octanol–water partition coefficient (Wildman–Crippen LogP) is 2.37. The van der Waals surface area contributed by atoms with Gasteiger partial charge in [0.15, 0.2) is 0 Å². The molecular formula is C14H19NO2. The summed E-state index contributed by atoms with van der Waals surface area (Å²) < 4.78 is 0. The van der Waals surface area contributed by atoms with E-state index in [0.29, 0.717) is 6.54 Å². The molecule has 0 heterocycles. The molecule has 1 fully saturated rings. The first kappa shape index (κ1) is 12.1. The quantitative estimate of drug-likeness (QED) is 0.848. The summed E-state index contributed by atoms with van der Waals surface area (Å²) in [5, 5.41) is 9.27. The lowest BCUT2D eigenvalue weighted by molar-refractivity contribution is -0.156. The van der Waals surface area contributed by atoms with Crippen molar-refractivity contribution in [2.24, 2.45) is 5.41 Å². The van der Waals surface area contributed by atoms with E-state index in [1.54, 1.807) is 0 Å². The standard InChI is InChI=1S/C14H19NO2/c1-15(10-12-6-3-2-4-7-12)11-14(13(16)17)8-5-9-14/h2-4,6-7H,5,8-11H2,1H3,(H,16,17). The van der Waals surface area contributed by atoms with Crippen LogP contribution >= 0.6 is 0 Å². The summed E-state index contributed by atoms with van der Waals surface area (Å²) in [6.45, 7) is 1.47. The predicted molar refractivity (Wildman–Crippen MR) is 66.7 cm³/mol. The SMILES string of the molecule is CN(Cc1ccccc1)CC1(C(=O)O)CCC1. The van der Waals surface area contributed by atoms with E-state index >= 15 is 0 Å². The molecule has 0 radical (unpaired) electrons. The van der Waals surface area contributed by atoms with Crippen LogP contribution in [0, 0.1) is 5.41 Å². The topological polar surface area (TPSA) is 40.5 Å². The highest BCUT2D eigenvalue weighted by atomic mass is 16.4. The molecule has 0 saturated heterocycles. The van der Waals surface area contributed by atoms with Crippen molar-refractivity contribution in [2.45, 2.75) is 25.8 Å². The maximum atomic E-state index is 11.3. The summed E-state index contributed by atoms with van der Waals surface area (Å²) in [7, 11) is 2.00. The molecule has 0 aliphatic heterocycles. The molecule has 17 heavy (non-hydrogen) atoms. The summed E-state index contributed by atoms with van der Waals surface area (Å²) in [5.41, 5.74) is 0.749. The summed E-state index contributed by atoms with van der Waals surface area (Å²) >= 11 is 0. The molecule has 1 N–H and O–H groups in total. The van der Waals surface area contributed by atoms with E-state index in [0.717, 1.165) is 25.8 Å². The molecule has 92 valence electrons. The van der Waals surface area contributed by atoms with E-state index in [1.807, 2.05) is 25.2 Å². The molecule has 0 aromatic heterocycles. The Morgan fingerprint density at radius 3 is 2.47 bits per heavy atom. The zero-order chi connectivity index (χ0) is 12.3. The highest BCUT2D eigenvalue weighted by molar-refractivity contribution is 5.76. The maximum absolute atomic E-state index is 11.3. The molecule has 1 aliphatic carbocycles. The lowest BCUT2D eigenvalue weighted by Crippen LogP contribution is -2.46. The van der Waals surface area contributed by atoms with Crippen molar-refractivity contribution in [3.8, 4) is 0 Å². The van der Waals surface area contributed by atoms with Gasteiger partial charge in [-0.2, -0.15) is 0 Å². The van der Waals surface area contributed by atoms with Crippen molar-refractivity contribution in [1.82, 2.24) is 4.90 Å². The smallest absolute Gasteiger partial charge is 0.310 e. The number of carboxylic acid groups (broad SMARTS) is 1. The van der Waals surface area contributed by atoms with Crippen molar-refractivity contribution >= 4 is 5.97 Å². The fraction of sp³-hybridized carbons (Fsp3) is 0.500. The minimum Gasteiger partial charge on any atom is -0.481 e. The highest BCUT2D eigenvalue weighted by Crippen LogP contribution is 2.41. The average molecular weight is 233 g/mol. The van der Waals surface area contributed by atoms with Crippen molar-refractivity contribution in [3.63, 3.8) is 0 Å². The normalized spacial score (nSPS) is 17.8.